The molecule has 2 fully saturated rings. The summed E-state index contributed by atoms with van der Waals surface area (Å²) in [7, 11) is 0. The number of piperidine rings is 1. The highest BCUT2D eigenvalue weighted by molar-refractivity contribution is 5.77. The van der Waals surface area contributed by atoms with Crippen LogP contribution in [0.15, 0.2) is 102 Å². The Morgan fingerprint density at radius 2 is 1.58 bits per heavy atom. The summed E-state index contributed by atoms with van der Waals surface area (Å²) in [5.74, 6) is -1.08. The molecule has 4 N–H and O–H groups in total. The standard InChI is InChI=1S/C42H46N4O7/c47-27-28-14-16-30(17-15-28)38-24-35(26-45-20-18-34(19-21-45)46-37-11-2-1-10-36(37)44-42(46)51)52-41(53-38)33-9-4-8-32(23-33)31-7-3-6-29(22-31)25-43-39(48)12-5-13-40(49)50/h1-4,6-11,14-17,22-23,34-35,38,41,47H,5,12-13,18-21,24-27H2,(H,43,48)(H,44,51)(H,49,50)/t35-,38+,41+/m0/s1. The fraction of sp³-hybridized carbons (Fsp3) is 0.357. The van der Waals surface area contributed by atoms with E-state index < -0.39 is 12.3 Å². The zero-order chi connectivity index (χ0) is 36.7. The molecule has 2 aliphatic rings. The topological polar surface area (TPSA) is 146 Å². The molecule has 0 spiro atoms. The van der Waals surface area contributed by atoms with E-state index in [1.165, 1.54) is 0 Å². The van der Waals surface area contributed by atoms with Gasteiger partial charge in [0.1, 0.15) is 0 Å². The number of aromatic nitrogens is 2. The fourth-order valence-corrected chi connectivity index (χ4v) is 7.53. The normalized spacial score (nSPS) is 19.7. The number of rotatable bonds is 13. The first-order chi connectivity index (χ1) is 25.8. The number of ether oxygens (including phenoxy) is 2. The number of imidazole rings is 1. The van der Waals surface area contributed by atoms with E-state index in [2.05, 4.69) is 21.3 Å². The summed E-state index contributed by atoms with van der Waals surface area (Å²) in [5, 5.41) is 21.4. The average molecular weight is 719 g/mol. The van der Waals surface area contributed by atoms with Gasteiger partial charge in [0, 0.05) is 57.0 Å². The number of fused-ring (bicyclic) bond motifs is 1. The molecular formula is C42H46N4O7. The number of carbonyl (C=O) groups is 2. The molecule has 0 bridgehead atoms. The number of aliphatic carboxylic acids is 1. The number of carbonyl (C=O) groups excluding carboxylic acids is 1. The molecule has 1 amide bonds. The second-order valence-corrected chi connectivity index (χ2v) is 14.0. The first-order valence-corrected chi connectivity index (χ1v) is 18.4. The molecule has 7 rings (SSSR count). The highest BCUT2D eigenvalue weighted by Gasteiger charge is 2.34. The smallest absolute Gasteiger partial charge is 0.326 e. The maximum absolute atomic E-state index is 12.9. The summed E-state index contributed by atoms with van der Waals surface area (Å²) < 4.78 is 15.3. The van der Waals surface area contributed by atoms with Crippen LogP contribution in [0.1, 0.15) is 79.2 Å². The maximum atomic E-state index is 12.9. The minimum absolute atomic E-state index is 0.0199. The molecule has 0 saturated carbocycles. The zero-order valence-corrected chi connectivity index (χ0v) is 29.7. The second kappa shape index (κ2) is 16.7. The van der Waals surface area contributed by atoms with Gasteiger partial charge in [-0.25, -0.2) is 4.79 Å². The molecular weight excluding hydrogens is 672 g/mol. The van der Waals surface area contributed by atoms with Gasteiger partial charge in [-0.1, -0.05) is 72.8 Å². The number of carboxylic acid groups (broad SMARTS) is 1. The van der Waals surface area contributed by atoms with Crippen LogP contribution >= 0.6 is 0 Å². The molecule has 2 aliphatic heterocycles. The van der Waals surface area contributed by atoms with Gasteiger partial charge in [0.25, 0.3) is 0 Å². The van der Waals surface area contributed by atoms with Crippen LogP contribution in [-0.2, 0) is 32.2 Å². The number of nitrogens with zero attached hydrogens (tertiary/aromatic N) is 2. The fourth-order valence-electron chi connectivity index (χ4n) is 7.53. The van der Waals surface area contributed by atoms with Crippen LogP contribution in [0.2, 0.25) is 0 Å². The minimum atomic E-state index is -0.905. The van der Waals surface area contributed by atoms with E-state index in [1.54, 1.807) is 0 Å². The third-order valence-electron chi connectivity index (χ3n) is 10.3. The first kappa shape index (κ1) is 36.3. The molecule has 1 aromatic heterocycles. The van der Waals surface area contributed by atoms with E-state index in [0.29, 0.717) is 19.4 Å². The molecule has 3 heterocycles. The number of hydrogen-bond donors (Lipinski definition) is 4. The van der Waals surface area contributed by atoms with E-state index in [9.17, 15) is 19.5 Å². The number of aromatic amines is 1. The molecule has 5 aromatic rings. The lowest BCUT2D eigenvalue weighted by Crippen LogP contribution is -2.43. The van der Waals surface area contributed by atoms with E-state index in [0.717, 1.165) is 76.9 Å². The van der Waals surface area contributed by atoms with Crippen molar-refractivity contribution in [2.45, 2.75) is 76.2 Å². The summed E-state index contributed by atoms with van der Waals surface area (Å²) in [6.07, 6.45) is 1.96. The van der Waals surface area contributed by atoms with Crippen LogP contribution in [0.3, 0.4) is 0 Å². The van der Waals surface area contributed by atoms with Gasteiger partial charge in [-0.15, -0.1) is 0 Å². The number of hydrogen-bond acceptors (Lipinski definition) is 7. The quantitative estimate of drug-likeness (QED) is 0.112. The number of aliphatic hydroxyl groups excluding tert-OH is 1. The Hall–Kier alpha value is -5.07. The molecule has 11 heteroatoms. The summed E-state index contributed by atoms with van der Waals surface area (Å²) in [6, 6.07) is 32.0. The van der Waals surface area contributed by atoms with Crippen LogP contribution in [0.25, 0.3) is 22.2 Å². The predicted molar refractivity (Wildman–Crippen MR) is 201 cm³/mol. The van der Waals surface area contributed by atoms with Crippen molar-refractivity contribution in [3.05, 3.63) is 130 Å². The van der Waals surface area contributed by atoms with Gasteiger partial charge >= 0.3 is 11.7 Å². The number of para-hydroxylation sites is 2. The van der Waals surface area contributed by atoms with E-state index in [-0.39, 0.29) is 49.3 Å². The number of aliphatic hydroxyl groups is 1. The molecule has 0 unspecified atom stereocenters. The molecule has 276 valence electrons. The van der Waals surface area contributed by atoms with Gasteiger partial charge in [-0.3, -0.25) is 14.2 Å². The second-order valence-electron chi connectivity index (χ2n) is 14.0. The molecule has 11 nitrogen and oxygen atoms in total. The van der Waals surface area contributed by atoms with Gasteiger partial charge < -0.3 is 34.9 Å². The van der Waals surface area contributed by atoms with Crippen LogP contribution in [-0.4, -0.2) is 62.3 Å². The molecule has 53 heavy (non-hydrogen) atoms. The van der Waals surface area contributed by atoms with Gasteiger partial charge in [-0.2, -0.15) is 0 Å². The SMILES string of the molecule is O=C(O)CCCC(=O)NCc1cccc(-c2cccc([C@@H]3O[C@H](CN4CCC(n5c(=O)[nH]c6ccccc65)CC4)C[C@H](c4ccc(CO)cc4)O3)c2)c1. The third kappa shape index (κ3) is 8.94. The van der Waals surface area contributed by atoms with Gasteiger partial charge in [0.15, 0.2) is 6.29 Å². The largest absolute Gasteiger partial charge is 0.481 e. The van der Waals surface area contributed by atoms with Crippen molar-refractivity contribution in [3.8, 4) is 11.1 Å². The van der Waals surface area contributed by atoms with Gasteiger partial charge in [-0.05, 0) is 71.3 Å². The molecule has 3 atom stereocenters. The lowest BCUT2D eigenvalue weighted by atomic mass is 9.97. The summed E-state index contributed by atoms with van der Waals surface area (Å²) in [4.78, 5) is 41.3. The number of benzene rings is 4. The Morgan fingerprint density at radius 3 is 2.36 bits per heavy atom. The number of nitrogens with one attached hydrogen (secondary N) is 2. The Balaban J connectivity index is 1.04. The maximum Gasteiger partial charge on any atom is 0.326 e. The minimum Gasteiger partial charge on any atom is -0.481 e. The molecule has 0 radical (unpaired) electrons. The number of H-pyrrole nitrogens is 1. The van der Waals surface area contributed by atoms with Gasteiger partial charge in [0.2, 0.25) is 5.91 Å². The van der Waals surface area contributed by atoms with Crippen molar-refractivity contribution >= 4 is 22.9 Å². The Bertz CT molecular complexity index is 2080. The Kier molecular flexibility index (Phi) is 11.5. The van der Waals surface area contributed by atoms with Crippen molar-refractivity contribution in [3.63, 3.8) is 0 Å². The van der Waals surface area contributed by atoms with Crippen molar-refractivity contribution < 1.29 is 29.3 Å². The molecule has 4 aromatic carbocycles. The summed E-state index contributed by atoms with van der Waals surface area (Å²) in [6.45, 7) is 2.78. The van der Waals surface area contributed by atoms with Crippen LogP contribution in [0.4, 0.5) is 0 Å². The number of likely N-dealkylation sites (tertiary alicyclic amines) is 1. The Labute approximate surface area is 308 Å². The molecule has 2 saturated heterocycles. The van der Waals surface area contributed by atoms with Gasteiger partial charge in [0.05, 0.1) is 29.8 Å². The third-order valence-corrected chi connectivity index (χ3v) is 10.3. The van der Waals surface area contributed by atoms with Crippen LogP contribution in [0, 0.1) is 0 Å². The predicted octanol–water partition coefficient (Wildman–Crippen LogP) is 6.24. The molecule has 0 aliphatic carbocycles. The van der Waals surface area contributed by atoms with Crippen LogP contribution < -0.4 is 11.0 Å². The van der Waals surface area contributed by atoms with Crippen molar-refractivity contribution in [1.29, 1.82) is 0 Å². The first-order valence-electron chi connectivity index (χ1n) is 18.4. The Morgan fingerprint density at radius 1 is 0.830 bits per heavy atom. The summed E-state index contributed by atoms with van der Waals surface area (Å²) in [5.41, 5.74) is 7.47. The van der Waals surface area contributed by atoms with Crippen molar-refractivity contribution in [2.75, 3.05) is 19.6 Å². The van der Waals surface area contributed by atoms with Crippen molar-refractivity contribution in [1.82, 2.24) is 19.8 Å². The monoisotopic (exact) mass is 718 g/mol. The van der Waals surface area contributed by atoms with E-state index in [4.69, 9.17) is 14.6 Å². The lowest BCUT2D eigenvalue weighted by molar-refractivity contribution is -0.253. The highest BCUT2D eigenvalue weighted by atomic mass is 16.7. The lowest BCUT2D eigenvalue weighted by Gasteiger charge is -2.40. The number of amides is 1. The zero-order valence-electron chi connectivity index (χ0n) is 29.7. The average Bonchev–Trinajstić information content (AvgIpc) is 3.53. The number of carboxylic acids is 1. The van der Waals surface area contributed by atoms with Crippen molar-refractivity contribution in [2.24, 2.45) is 0 Å². The van der Waals surface area contributed by atoms with Crippen LogP contribution in [0.5, 0.6) is 0 Å². The highest BCUT2D eigenvalue weighted by Crippen LogP contribution is 2.39. The van der Waals surface area contributed by atoms with E-state index in [1.807, 2.05) is 95.6 Å². The summed E-state index contributed by atoms with van der Waals surface area (Å²) >= 11 is 0. The van der Waals surface area contributed by atoms with E-state index >= 15 is 0 Å².